The van der Waals surface area contributed by atoms with Gasteiger partial charge >= 0.3 is 0 Å². The van der Waals surface area contributed by atoms with Crippen molar-refractivity contribution < 1.29 is 4.79 Å². The normalized spacial score (nSPS) is 14.4. The van der Waals surface area contributed by atoms with Crippen molar-refractivity contribution in [2.24, 2.45) is 0 Å². The minimum atomic E-state index is -0.0774. The molecular formula is C16H15N9OS. The lowest BCUT2D eigenvalue weighted by Gasteiger charge is -2.38. The second-order valence-electron chi connectivity index (χ2n) is 6.26. The zero-order chi connectivity index (χ0) is 18.2. The molecule has 0 aliphatic carbocycles. The van der Waals surface area contributed by atoms with Crippen molar-refractivity contribution in [2.45, 2.75) is 12.6 Å². The first-order valence-electron chi connectivity index (χ1n) is 8.39. The van der Waals surface area contributed by atoms with Gasteiger partial charge in [-0.25, -0.2) is 4.68 Å². The van der Waals surface area contributed by atoms with Gasteiger partial charge in [0.25, 0.3) is 5.91 Å². The Morgan fingerprint density at radius 3 is 2.93 bits per heavy atom. The van der Waals surface area contributed by atoms with E-state index < -0.39 is 0 Å². The average Bonchev–Trinajstić information content (AvgIpc) is 3.42. The van der Waals surface area contributed by atoms with Gasteiger partial charge < -0.3 is 4.90 Å². The quantitative estimate of drug-likeness (QED) is 0.554. The van der Waals surface area contributed by atoms with Crippen LogP contribution in [0, 0.1) is 0 Å². The monoisotopic (exact) mass is 381 g/mol. The Hall–Kier alpha value is -3.34. The summed E-state index contributed by atoms with van der Waals surface area (Å²) in [4.78, 5) is 17.0. The van der Waals surface area contributed by atoms with Crippen LogP contribution in [0.2, 0.25) is 0 Å². The Labute approximate surface area is 157 Å². The maximum atomic E-state index is 12.6. The number of rotatable bonds is 5. The highest BCUT2D eigenvalue weighted by molar-refractivity contribution is 7.13. The molecular weight excluding hydrogens is 366 g/mol. The molecule has 4 aromatic rings. The molecule has 0 saturated carbocycles. The minimum absolute atomic E-state index is 0.0774. The highest BCUT2D eigenvalue weighted by Gasteiger charge is 2.34. The number of nitrogens with one attached hydrogen (secondary N) is 1. The third-order valence-electron chi connectivity index (χ3n) is 4.43. The first-order chi connectivity index (χ1) is 13.3. The van der Waals surface area contributed by atoms with E-state index in [1.807, 2.05) is 23.7 Å². The van der Waals surface area contributed by atoms with Crippen LogP contribution in [0.5, 0.6) is 0 Å². The van der Waals surface area contributed by atoms with Gasteiger partial charge in [-0.15, -0.1) is 16.4 Å². The second-order valence-corrected chi connectivity index (χ2v) is 7.21. The number of likely N-dealkylation sites (tertiary alicyclic amines) is 1. The summed E-state index contributed by atoms with van der Waals surface area (Å²) in [6.45, 7) is 1.65. The van der Waals surface area contributed by atoms with Gasteiger partial charge in [-0.2, -0.15) is 20.1 Å². The minimum Gasteiger partial charge on any atom is -0.333 e. The topological polar surface area (TPSA) is 110 Å². The van der Waals surface area contributed by atoms with Gasteiger partial charge in [0.15, 0.2) is 5.69 Å². The average molecular weight is 381 g/mol. The van der Waals surface area contributed by atoms with Crippen LogP contribution in [0.15, 0.2) is 42.2 Å². The van der Waals surface area contributed by atoms with Gasteiger partial charge in [-0.1, -0.05) is 11.3 Å². The van der Waals surface area contributed by atoms with E-state index in [1.165, 1.54) is 0 Å². The molecule has 0 aromatic carbocycles. The van der Waals surface area contributed by atoms with E-state index in [1.54, 1.807) is 44.2 Å². The van der Waals surface area contributed by atoms with Crippen LogP contribution < -0.4 is 0 Å². The molecule has 0 atom stereocenters. The van der Waals surface area contributed by atoms with Gasteiger partial charge in [0.05, 0.1) is 35.2 Å². The second kappa shape index (κ2) is 6.43. The SMILES string of the molecule is O=C(c1cc(-c2cccs2)[nH]n1)N1CC(n2cc(Cn3nccn3)nn2)C1. The molecule has 0 spiro atoms. The number of nitrogens with zero attached hydrogens (tertiary/aromatic N) is 8. The smallest absolute Gasteiger partial charge is 0.274 e. The number of hydrogen-bond acceptors (Lipinski definition) is 7. The summed E-state index contributed by atoms with van der Waals surface area (Å²) in [6, 6.07) is 5.88. The highest BCUT2D eigenvalue weighted by atomic mass is 32.1. The third-order valence-corrected chi connectivity index (χ3v) is 5.34. The molecule has 1 N–H and O–H groups in total. The Morgan fingerprint density at radius 1 is 1.30 bits per heavy atom. The molecule has 11 heteroatoms. The van der Waals surface area contributed by atoms with Gasteiger partial charge in [0.2, 0.25) is 0 Å². The molecule has 1 saturated heterocycles. The molecule has 4 aromatic heterocycles. The summed E-state index contributed by atoms with van der Waals surface area (Å²) >= 11 is 1.60. The van der Waals surface area contributed by atoms with Gasteiger partial charge in [-0.05, 0) is 17.5 Å². The Bertz CT molecular complexity index is 1040. The van der Waals surface area contributed by atoms with Crippen LogP contribution in [0.1, 0.15) is 22.2 Å². The predicted octanol–water partition coefficient (Wildman–Crippen LogP) is 1.07. The van der Waals surface area contributed by atoms with E-state index >= 15 is 0 Å². The summed E-state index contributed by atoms with van der Waals surface area (Å²) in [6.07, 6.45) is 5.12. The zero-order valence-electron chi connectivity index (χ0n) is 14.1. The van der Waals surface area contributed by atoms with Crippen LogP contribution in [0.3, 0.4) is 0 Å². The molecule has 1 aliphatic heterocycles. The molecule has 0 bridgehead atoms. The van der Waals surface area contributed by atoms with E-state index in [-0.39, 0.29) is 11.9 Å². The largest absolute Gasteiger partial charge is 0.333 e. The van der Waals surface area contributed by atoms with Crippen molar-refractivity contribution >= 4 is 17.2 Å². The lowest BCUT2D eigenvalue weighted by molar-refractivity contribution is 0.0492. The number of carbonyl (C=O) groups excluding carboxylic acids is 1. The molecule has 0 unspecified atom stereocenters. The van der Waals surface area contributed by atoms with Gasteiger partial charge in [0, 0.05) is 13.1 Å². The van der Waals surface area contributed by atoms with E-state index in [0.717, 1.165) is 16.3 Å². The number of hydrogen-bond donors (Lipinski definition) is 1. The van der Waals surface area contributed by atoms with Crippen molar-refractivity contribution in [3.63, 3.8) is 0 Å². The van der Waals surface area contributed by atoms with Crippen LogP contribution in [0.25, 0.3) is 10.6 Å². The molecule has 10 nitrogen and oxygen atoms in total. The molecule has 1 amide bonds. The van der Waals surface area contributed by atoms with Crippen molar-refractivity contribution in [1.29, 1.82) is 0 Å². The summed E-state index contributed by atoms with van der Waals surface area (Å²) < 4.78 is 1.80. The van der Waals surface area contributed by atoms with Gasteiger partial charge in [-0.3, -0.25) is 9.89 Å². The standard InChI is InChI=1S/C16H15N9OS/c26-16(14-6-13(20-21-14)15-2-1-5-27-15)23-9-12(10-23)24-7-11(19-22-24)8-25-17-3-4-18-25/h1-7,12H,8-10H2,(H,20,21). The van der Waals surface area contributed by atoms with E-state index in [9.17, 15) is 4.79 Å². The summed E-state index contributed by atoms with van der Waals surface area (Å²) in [7, 11) is 0. The first-order valence-corrected chi connectivity index (χ1v) is 9.27. The zero-order valence-corrected chi connectivity index (χ0v) is 15.0. The van der Waals surface area contributed by atoms with Crippen LogP contribution >= 0.6 is 11.3 Å². The third kappa shape index (κ3) is 3.01. The Kier molecular flexibility index (Phi) is 3.78. The van der Waals surface area contributed by atoms with E-state index in [4.69, 9.17) is 0 Å². The van der Waals surface area contributed by atoms with Crippen molar-refractivity contribution in [2.75, 3.05) is 13.1 Å². The fourth-order valence-electron chi connectivity index (χ4n) is 2.97. The molecule has 5 heterocycles. The number of aromatic nitrogens is 8. The summed E-state index contributed by atoms with van der Waals surface area (Å²) in [5.41, 5.74) is 2.07. The van der Waals surface area contributed by atoms with Crippen molar-refractivity contribution in [1.82, 2.24) is 45.1 Å². The molecule has 1 aliphatic rings. The maximum absolute atomic E-state index is 12.6. The van der Waals surface area contributed by atoms with E-state index in [2.05, 4.69) is 30.7 Å². The van der Waals surface area contributed by atoms with Crippen LogP contribution in [-0.4, -0.2) is 64.1 Å². The first kappa shape index (κ1) is 15.9. The van der Waals surface area contributed by atoms with Crippen LogP contribution in [0.4, 0.5) is 0 Å². The van der Waals surface area contributed by atoms with Crippen molar-refractivity contribution in [3.05, 3.63) is 53.6 Å². The highest BCUT2D eigenvalue weighted by Crippen LogP contribution is 2.26. The fraction of sp³-hybridized carbons (Fsp3) is 0.250. The number of thiophene rings is 1. The number of amides is 1. The summed E-state index contributed by atoms with van der Waals surface area (Å²) in [5, 5.41) is 25.5. The van der Waals surface area contributed by atoms with Crippen LogP contribution in [-0.2, 0) is 6.54 Å². The lowest BCUT2D eigenvalue weighted by atomic mass is 10.1. The van der Waals surface area contributed by atoms with Crippen molar-refractivity contribution in [3.8, 4) is 10.6 Å². The Morgan fingerprint density at radius 2 is 2.15 bits per heavy atom. The lowest BCUT2D eigenvalue weighted by Crippen LogP contribution is -2.51. The molecule has 0 radical (unpaired) electrons. The molecule has 136 valence electrons. The maximum Gasteiger partial charge on any atom is 0.274 e. The summed E-state index contributed by atoms with van der Waals surface area (Å²) in [5.74, 6) is -0.0774. The van der Waals surface area contributed by atoms with Gasteiger partial charge in [0.1, 0.15) is 12.2 Å². The number of H-pyrrole nitrogens is 1. The molecule has 5 rings (SSSR count). The predicted molar refractivity (Wildman–Crippen MR) is 96.0 cm³/mol. The Balaban J connectivity index is 1.21. The molecule has 27 heavy (non-hydrogen) atoms. The fourth-order valence-corrected chi connectivity index (χ4v) is 3.67. The molecule has 1 fully saturated rings. The number of aromatic amines is 1. The van der Waals surface area contributed by atoms with E-state index in [0.29, 0.717) is 25.3 Å². The number of carbonyl (C=O) groups is 1.